The molecule has 0 amide bonds. The normalized spacial score (nSPS) is 12.1. The Bertz CT molecular complexity index is 2430. The number of thiophene rings is 1. The van der Waals surface area contributed by atoms with E-state index in [4.69, 9.17) is 0 Å². The summed E-state index contributed by atoms with van der Waals surface area (Å²) in [4.78, 5) is 2.41. The average Bonchev–Trinajstić information content (AvgIpc) is 3.41. The molecule has 1 aromatic heterocycles. The fraction of sp³-hybridized carbons (Fsp3) is 0. The topological polar surface area (TPSA) is 3.24 Å². The fourth-order valence-corrected chi connectivity index (χ4v) is 8.60. The van der Waals surface area contributed by atoms with Gasteiger partial charge in [-0.25, -0.2) is 0 Å². The lowest BCUT2D eigenvalue weighted by Crippen LogP contribution is -2.10. The van der Waals surface area contributed by atoms with Crippen LogP contribution in [0.25, 0.3) is 75.8 Å². The van der Waals surface area contributed by atoms with Crippen molar-refractivity contribution in [3.05, 3.63) is 152 Å². The van der Waals surface area contributed by atoms with Crippen LogP contribution < -0.4 is 4.90 Å². The molecule has 0 aliphatic heterocycles. The first-order chi connectivity index (χ1) is 21.8. The Hall–Kier alpha value is -5.44. The maximum absolute atomic E-state index is 2.42. The monoisotopic (exact) mass is 575 g/mol. The second-order valence-corrected chi connectivity index (χ2v) is 12.8. The molecule has 0 saturated heterocycles. The number of nitrogens with zero attached hydrogens (tertiary/aromatic N) is 1. The molecule has 8 aromatic rings. The summed E-state index contributed by atoms with van der Waals surface area (Å²) >= 11 is 1.86. The first-order valence-corrected chi connectivity index (χ1v) is 15.9. The van der Waals surface area contributed by atoms with E-state index in [1.165, 1.54) is 75.8 Å². The molecule has 44 heavy (non-hydrogen) atoms. The summed E-state index contributed by atoms with van der Waals surface area (Å²) in [5, 5.41) is 2.62. The number of hydrogen-bond donors (Lipinski definition) is 0. The van der Waals surface area contributed by atoms with Gasteiger partial charge in [-0.15, -0.1) is 11.3 Å². The average molecular weight is 576 g/mol. The Morgan fingerprint density at radius 2 is 0.864 bits per heavy atom. The molecular formula is C42H25NS. The Labute approximate surface area is 259 Å². The highest BCUT2D eigenvalue weighted by molar-refractivity contribution is 7.25. The van der Waals surface area contributed by atoms with Crippen molar-refractivity contribution in [3.8, 4) is 55.6 Å². The van der Waals surface area contributed by atoms with Crippen molar-refractivity contribution < 1.29 is 0 Å². The lowest BCUT2D eigenvalue weighted by molar-refractivity contribution is 1.29. The number of fused-ring (bicyclic) bond motifs is 7. The first-order valence-electron chi connectivity index (χ1n) is 15.1. The number of hydrogen-bond acceptors (Lipinski definition) is 2. The summed E-state index contributed by atoms with van der Waals surface area (Å²) in [5.41, 5.74) is 16.5. The van der Waals surface area contributed by atoms with E-state index in [1.807, 2.05) is 11.3 Å². The number of benzene rings is 7. The summed E-state index contributed by atoms with van der Waals surface area (Å²) < 4.78 is 2.64. The molecule has 0 saturated carbocycles. The van der Waals surface area contributed by atoms with Crippen molar-refractivity contribution in [1.82, 2.24) is 0 Å². The predicted molar refractivity (Wildman–Crippen MR) is 188 cm³/mol. The molecule has 7 aromatic carbocycles. The summed E-state index contributed by atoms with van der Waals surface area (Å²) in [6, 6.07) is 56.1. The van der Waals surface area contributed by atoms with Gasteiger partial charge in [-0.05, 0) is 104 Å². The number of para-hydroxylation sites is 1. The molecule has 2 aliphatic carbocycles. The van der Waals surface area contributed by atoms with Crippen LogP contribution in [-0.4, -0.2) is 0 Å². The second-order valence-electron chi connectivity index (χ2n) is 11.7. The summed E-state index contributed by atoms with van der Waals surface area (Å²) in [6.07, 6.45) is 0. The van der Waals surface area contributed by atoms with Gasteiger partial charge in [0, 0.05) is 37.2 Å². The van der Waals surface area contributed by atoms with Gasteiger partial charge in [0.05, 0.1) is 0 Å². The highest BCUT2D eigenvalue weighted by Gasteiger charge is 2.31. The Morgan fingerprint density at radius 1 is 0.318 bits per heavy atom. The predicted octanol–water partition coefficient (Wildman–Crippen LogP) is 12.5. The Kier molecular flexibility index (Phi) is 4.94. The summed E-state index contributed by atoms with van der Waals surface area (Å²) in [7, 11) is 0. The quantitative estimate of drug-likeness (QED) is 0.202. The molecule has 0 fully saturated rings. The van der Waals surface area contributed by atoms with Gasteiger partial charge >= 0.3 is 0 Å². The third-order valence-corrected chi connectivity index (χ3v) is 10.5. The molecule has 2 heteroatoms. The maximum Gasteiger partial charge on any atom is 0.0468 e. The third kappa shape index (κ3) is 3.29. The van der Waals surface area contributed by atoms with Gasteiger partial charge in [0.25, 0.3) is 0 Å². The van der Waals surface area contributed by atoms with Gasteiger partial charge < -0.3 is 4.90 Å². The van der Waals surface area contributed by atoms with Gasteiger partial charge in [-0.1, -0.05) is 103 Å². The molecule has 1 heterocycles. The molecular weight excluding hydrogens is 551 g/mol. The number of anilines is 3. The minimum Gasteiger partial charge on any atom is -0.310 e. The lowest BCUT2D eigenvalue weighted by atomic mass is 9.83. The molecule has 10 rings (SSSR count). The van der Waals surface area contributed by atoms with Gasteiger partial charge in [0.2, 0.25) is 0 Å². The van der Waals surface area contributed by atoms with Gasteiger partial charge in [0.15, 0.2) is 0 Å². The molecule has 1 nitrogen and oxygen atoms in total. The molecule has 204 valence electrons. The number of rotatable bonds is 3. The summed E-state index contributed by atoms with van der Waals surface area (Å²) in [6.45, 7) is 0. The SMILES string of the molecule is c1ccc(N(c2ccc3c(c2)-c2c4cccc2-c2cccc-3c2-c2ccccc2-4)c2ccc3sc4ccccc4c3c2)cc1. The summed E-state index contributed by atoms with van der Waals surface area (Å²) in [5.74, 6) is 0. The largest absolute Gasteiger partial charge is 0.310 e. The molecule has 0 atom stereocenters. The van der Waals surface area contributed by atoms with Crippen molar-refractivity contribution >= 4 is 48.6 Å². The molecule has 6 bridgehead atoms. The lowest BCUT2D eigenvalue weighted by Gasteiger charge is -2.27. The van der Waals surface area contributed by atoms with E-state index < -0.39 is 0 Å². The van der Waals surface area contributed by atoms with Crippen molar-refractivity contribution in [1.29, 1.82) is 0 Å². The Morgan fingerprint density at radius 3 is 1.66 bits per heavy atom. The maximum atomic E-state index is 2.42. The zero-order valence-electron chi connectivity index (χ0n) is 23.8. The standard InChI is InChI=1S/C42H25NS/c1-2-10-26(11-3-1)43(28-21-23-40-37(24-28)31-13-6-7-19-39(31)44-40)27-20-22-30-34-16-9-17-35-36-18-8-15-33(42(36)38(30)25-27)29-12-4-5-14-32(29)41(34)35/h1-25H. The minimum atomic E-state index is 1.15. The van der Waals surface area contributed by atoms with Crippen molar-refractivity contribution in [2.24, 2.45) is 0 Å². The van der Waals surface area contributed by atoms with Crippen LogP contribution in [0, 0.1) is 0 Å². The smallest absolute Gasteiger partial charge is 0.0468 e. The van der Waals surface area contributed by atoms with E-state index in [9.17, 15) is 0 Å². The fourth-order valence-electron chi connectivity index (χ4n) is 7.51. The van der Waals surface area contributed by atoms with Crippen molar-refractivity contribution in [2.45, 2.75) is 0 Å². The van der Waals surface area contributed by atoms with Crippen LogP contribution in [0.15, 0.2) is 152 Å². The van der Waals surface area contributed by atoms with Crippen LogP contribution in [0.3, 0.4) is 0 Å². The van der Waals surface area contributed by atoms with E-state index in [0.717, 1.165) is 17.1 Å². The molecule has 0 spiro atoms. The van der Waals surface area contributed by atoms with E-state index in [1.54, 1.807) is 0 Å². The molecule has 2 aliphatic rings. The van der Waals surface area contributed by atoms with E-state index in [2.05, 4.69) is 157 Å². The van der Waals surface area contributed by atoms with E-state index in [0.29, 0.717) is 0 Å². The third-order valence-electron chi connectivity index (χ3n) is 9.36. The van der Waals surface area contributed by atoms with Gasteiger partial charge in [0.1, 0.15) is 0 Å². The van der Waals surface area contributed by atoms with E-state index in [-0.39, 0.29) is 0 Å². The van der Waals surface area contributed by atoms with Crippen LogP contribution in [0.4, 0.5) is 17.1 Å². The van der Waals surface area contributed by atoms with Gasteiger partial charge in [-0.3, -0.25) is 0 Å². The van der Waals surface area contributed by atoms with Crippen LogP contribution in [0.2, 0.25) is 0 Å². The van der Waals surface area contributed by atoms with Crippen LogP contribution in [0.1, 0.15) is 0 Å². The zero-order valence-corrected chi connectivity index (χ0v) is 24.6. The van der Waals surface area contributed by atoms with Crippen molar-refractivity contribution in [3.63, 3.8) is 0 Å². The van der Waals surface area contributed by atoms with Gasteiger partial charge in [-0.2, -0.15) is 0 Å². The molecule has 0 N–H and O–H groups in total. The minimum absolute atomic E-state index is 1.15. The van der Waals surface area contributed by atoms with E-state index >= 15 is 0 Å². The highest BCUT2D eigenvalue weighted by Crippen LogP contribution is 2.57. The molecule has 0 radical (unpaired) electrons. The zero-order chi connectivity index (χ0) is 28.8. The van der Waals surface area contributed by atoms with Crippen LogP contribution >= 0.6 is 11.3 Å². The highest BCUT2D eigenvalue weighted by atomic mass is 32.1. The second kappa shape index (κ2) is 9.03. The van der Waals surface area contributed by atoms with Crippen LogP contribution in [-0.2, 0) is 0 Å². The van der Waals surface area contributed by atoms with Crippen molar-refractivity contribution in [2.75, 3.05) is 4.90 Å². The first kappa shape index (κ1) is 24.0. The van der Waals surface area contributed by atoms with Crippen LogP contribution in [0.5, 0.6) is 0 Å². The Balaban J connectivity index is 1.26. The molecule has 0 unspecified atom stereocenters.